The van der Waals surface area contributed by atoms with E-state index in [1.165, 1.54) is 0 Å². The highest BCUT2D eigenvalue weighted by atomic mass is 16.2. The lowest BCUT2D eigenvalue weighted by Gasteiger charge is -2.36. The lowest BCUT2D eigenvalue weighted by Crippen LogP contribution is -2.49. The highest BCUT2D eigenvalue weighted by Crippen LogP contribution is 2.21. The molecule has 1 heterocycles. The first-order valence-corrected chi connectivity index (χ1v) is 6.80. The minimum absolute atomic E-state index is 0.0599. The third kappa shape index (κ3) is 3.22. The third-order valence-corrected chi connectivity index (χ3v) is 3.46. The van der Waals surface area contributed by atoms with E-state index in [1.807, 2.05) is 30.9 Å². The molecule has 0 spiro atoms. The molecule has 1 aliphatic heterocycles. The van der Waals surface area contributed by atoms with Crippen LogP contribution in [0.3, 0.4) is 0 Å². The highest BCUT2D eigenvalue weighted by molar-refractivity contribution is 5.78. The second-order valence-electron chi connectivity index (χ2n) is 5.17. The number of azide groups is 1. The first-order chi connectivity index (χ1) is 9.61. The number of carbonyl (C=O) groups is 1. The Morgan fingerprint density at radius 3 is 2.30 bits per heavy atom. The second-order valence-corrected chi connectivity index (χ2v) is 5.17. The van der Waals surface area contributed by atoms with Crippen molar-refractivity contribution < 1.29 is 4.79 Å². The molecule has 0 radical (unpaired) electrons. The van der Waals surface area contributed by atoms with Gasteiger partial charge in [0.2, 0.25) is 5.91 Å². The van der Waals surface area contributed by atoms with Crippen LogP contribution in [-0.2, 0) is 4.79 Å². The van der Waals surface area contributed by atoms with Gasteiger partial charge in [-0.2, -0.15) is 0 Å². The fourth-order valence-corrected chi connectivity index (χ4v) is 2.33. The minimum Gasteiger partial charge on any atom is -0.368 e. The van der Waals surface area contributed by atoms with Crippen LogP contribution in [0.2, 0.25) is 0 Å². The summed E-state index contributed by atoms with van der Waals surface area (Å²) in [5.41, 5.74) is 10.1. The molecule has 0 N–H and O–H groups in total. The molecular weight excluding hydrogens is 254 g/mol. The molecule has 20 heavy (non-hydrogen) atoms. The molecule has 1 aliphatic rings. The van der Waals surface area contributed by atoms with Crippen molar-refractivity contribution in [2.75, 3.05) is 31.1 Å². The Labute approximate surface area is 118 Å². The molecule has 6 heteroatoms. The van der Waals surface area contributed by atoms with Gasteiger partial charge in [-0.15, -0.1) is 0 Å². The van der Waals surface area contributed by atoms with E-state index in [0.29, 0.717) is 5.69 Å². The third-order valence-electron chi connectivity index (χ3n) is 3.46. The van der Waals surface area contributed by atoms with Gasteiger partial charge in [0, 0.05) is 48.4 Å². The summed E-state index contributed by atoms with van der Waals surface area (Å²) in [4.78, 5) is 18.8. The van der Waals surface area contributed by atoms with E-state index in [-0.39, 0.29) is 11.8 Å². The van der Waals surface area contributed by atoms with Crippen molar-refractivity contribution >= 4 is 17.3 Å². The molecule has 1 aromatic rings. The molecule has 0 bridgehead atoms. The Kier molecular flexibility index (Phi) is 4.48. The summed E-state index contributed by atoms with van der Waals surface area (Å²) in [6.07, 6.45) is 0. The molecule has 1 aromatic carbocycles. The molecule has 1 amide bonds. The van der Waals surface area contributed by atoms with Crippen molar-refractivity contribution in [1.82, 2.24) is 4.90 Å². The molecular formula is C14H19N5O. The molecule has 0 atom stereocenters. The van der Waals surface area contributed by atoms with Crippen LogP contribution in [0.1, 0.15) is 13.8 Å². The van der Waals surface area contributed by atoms with Crippen LogP contribution in [0, 0.1) is 5.92 Å². The van der Waals surface area contributed by atoms with Crippen molar-refractivity contribution in [3.05, 3.63) is 34.7 Å². The Morgan fingerprint density at radius 2 is 1.80 bits per heavy atom. The van der Waals surface area contributed by atoms with Gasteiger partial charge >= 0.3 is 0 Å². The van der Waals surface area contributed by atoms with E-state index in [0.717, 1.165) is 31.9 Å². The normalized spacial score (nSPS) is 15.2. The second kappa shape index (κ2) is 6.30. The Hall–Kier alpha value is -2.20. The summed E-state index contributed by atoms with van der Waals surface area (Å²) in [7, 11) is 0. The van der Waals surface area contributed by atoms with Crippen LogP contribution in [0.15, 0.2) is 29.4 Å². The van der Waals surface area contributed by atoms with Gasteiger partial charge < -0.3 is 9.80 Å². The molecule has 0 aliphatic carbocycles. The standard InChI is InChI=1S/C14H19N5O/c1-11(2)14(20)19-9-7-18(8-10-19)13-5-3-12(4-6-13)16-17-15/h3-6,11H,7-10H2,1-2H3. The lowest BCUT2D eigenvalue weighted by atomic mass is 10.1. The largest absolute Gasteiger partial charge is 0.368 e. The van der Waals surface area contributed by atoms with Crippen LogP contribution in [0.5, 0.6) is 0 Å². The van der Waals surface area contributed by atoms with Gasteiger partial charge in [0.25, 0.3) is 0 Å². The molecule has 1 fully saturated rings. The molecule has 0 aromatic heterocycles. The van der Waals surface area contributed by atoms with Gasteiger partial charge in [-0.1, -0.05) is 31.1 Å². The highest BCUT2D eigenvalue weighted by Gasteiger charge is 2.22. The quantitative estimate of drug-likeness (QED) is 0.482. The summed E-state index contributed by atoms with van der Waals surface area (Å²) >= 11 is 0. The predicted octanol–water partition coefficient (Wildman–Crippen LogP) is 2.93. The summed E-state index contributed by atoms with van der Waals surface area (Å²) in [6.45, 7) is 7.05. The topological polar surface area (TPSA) is 72.3 Å². The zero-order valence-electron chi connectivity index (χ0n) is 11.9. The van der Waals surface area contributed by atoms with Gasteiger partial charge in [0.1, 0.15) is 0 Å². The summed E-state index contributed by atoms with van der Waals surface area (Å²) in [6, 6.07) is 7.51. The average molecular weight is 273 g/mol. The zero-order valence-corrected chi connectivity index (χ0v) is 11.9. The maximum Gasteiger partial charge on any atom is 0.225 e. The fourth-order valence-electron chi connectivity index (χ4n) is 2.33. The summed E-state index contributed by atoms with van der Waals surface area (Å²) in [5, 5.41) is 3.56. The Bertz CT molecular complexity index is 511. The Morgan fingerprint density at radius 1 is 1.20 bits per heavy atom. The van der Waals surface area contributed by atoms with Crippen molar-refractivity contribution in [2.24, 2.45) is 11.0 Å². The van der Waals surface area contributed by atoms with Gasteiger partial charge in [0.05, 0.1) is 0 Å². The monoisotopic (exact) mass is 273 g/mol. The average Bonchev–Trinajstić information content (AvgIpc) is 2.48. The van der Waals surface area contributed by atoms with Crippen LogP contribution in [-0.4, -0.2) is 37.0 Å². The number of carbonyl (C=O) groups excluding carboxylic acids is 1. The van der Waals surface area contributed by atoms with Crippen molar-refractivity contribution in [3.63, 3.8) is 0 Å². The predicted molar refractivity (Wildman–Crippen MR) is 78.9 cm³/mol. The van der Waals surface area contributed by atoms with E-state index in [4.69, 9.17) is 5.53 Å². The SMILES string of the molecule is CC(C)C(=O)N1CCN(c2ccc(N=[N+]=[N-])cc2)CC1. The van der Waals surface area contributed by atoms with Crippen molar-refractivity contribution in [2.45, 2.75) is 13.8 Å². The van der Waals surface area contributed by atoms with E-state index < -0.39 is 0 Å². The number of piperazine rings is 1. The van der Waals surface area contributed by atoms with E-state index >= 15 is 0 Å². The number of benzene rings is 1. The summed E-state index contributed by atoms with van der Waals surface area (Å²) < 4.78 is 0. The van der Waals surface area contributed by atoms with Crippen LogP contribution in [0.4, 0.5) is 11.4 Å². The summed E-state index contributed by atoms with van der Waals surface area (Å²) in [5.74, 6) is 0.285. The smallest absolute Gasteiger partial charge is 0.225 e. The lowest BCUT2D eigenvalue weighted by molar-refractivity contribution is -0.134. The van der Waals surface area contributed by atoms with Crippen LogP contribution >= 0.6 is 0 Å². The van der Waals surface area contributed by atoms with Crippen LogP contribution in [0.25, 0.3) is 10.4 Å². The maximum absolute atomic E-state index is 11.9. The molecule has 2 rings (SSSR count). The first kappa shape index (κ1) is 14.2. The number of amides is 1. The zero-order chi connectivity index (χ0) is 14.5. The van der Waals surface area contributed by atoms with Crippen LogP contribution < -0.4 is 4.90 Å². The van der Waals surface area contributed by atoms with Crippen molar-refractivity contribution in [1.29, 1.82) is 0 Å². The van der Waals surface area contributed by atoms with Gasteiger partial charge in [-0.25, -0.2) is 0 Å². The maximum atomic E-state index is 11.9. The Balaban J connectivity index is 1.96. The number of anilines is 1. The van der Waals surface area contributed by atoms with Gasteiger partial charge in [-0.05, 0) is 17.7 Å². The van der Waals surface area contributed by atoms with E-state index in [1.54, 1.807) is 12.1 Å². The molecule has 0 saturated carbocycles. The van der Waals surface area contributed by atoms with Gasteiger partial charge in [-0.3, -0.25) is 4.79 Å². The minimum atomic E-state index is 0.0599. The van der Waals surface area contributed by atoms with Gasteiger partial charge in [0.15, 0.2) is 0 Å². The number of rotatable bonds is 3. The molecule has 0 unspecified atom stereocenters. The number of hydrogen-bond donors (Lipinski definition) is 0. The number of hydrogen-bond acceptors (Lipinski definition) is 3. The first-order valence-electron chi connectivity index (χ1n) is 6.80. The van der Waals surface area contributed by atoms with E-state index in [9.17, 15) is 4.79 Å². The number of nitrogens with zero attached hydrogens (tertiary/aromatic N) is 5. The van der Waals surface area contributed by atoms with E-state index in [2.05, 4.69) is 14.9 Å². The fraction of sp³-hybridized carbons (Fsp3) is 0.500. The van der Waals surface area contributed by atoms with Crippen molar-refractivity contribution in [3.8, 4) is 0 Å². The molecule has 1 saturated heterocycles. The molecule has 106 valence electrons. The molecule has 6 nitrogen and oxygen atoms in total.